The van der Waals surface area contributed by atoms with E-state index in [-0.39, 0.29) is 6.42 Å². The number of carbonyl (C=O) groups is 2. The molecule has 0 unspecified atom stereocenters. The van der Waals surface area contributed by atoms with E-state index in [0.29, 0.717) is 12.0 Å². The van der Waals surface area contributed by atoms with Crippen molar-refractivity contribution in [3.05, 3.63) is 96.1 Å². The molecule has 0 aliphatic heterocycles. The Kier molecular flexibility index (Phi) is 5.36. The summed E-state index contributed by atoms with van der Waals surface area (Å²) in [6.45, 7) is 0. The molecular weight excluding hydrogens is 340 g/mol. The molecule has 0 atom stereocenters. The number of hydrogen-bond acceptors (Lipinski definition) is 2. The van der Waals surface area contributed by atoms with Crippen molar-refractivity contribution in [1.82, 2.24) is 0 Å². The highest BCUT2D eigenvalue weighted by atomic mass is 16.4. The molecule has 0 heterocycles. The minimum Gasteiger partial charge on any atom is -0.480 e. The first-order valence-electron chi connectivity index (χ1n) is 8.71. The van der Waals surface area contributed by atoms with Crippen LogP contribution in [0, 0.1) is 0 Å². The summed E-state index contributed by atoms with van der Waals surface area (Å²) < 4.78 is 0. The zero-order valence-electron chi connectivity index (χ0n) is 14.7. The standard InChI is InChI=1S/C12H10.C11H10O4/c1-3-7-11(8-4-1)12-9-5-2-6-10-12;12-9(13)11(10(14)15)6-5-7-3-1-2-4-8(7)11/h1-10H;1-4H,5-6H2,(H,12,13)(H,14,15). The molecule has 0 saturated heterocycles. The normalized spacial score (nSPS) is 13.8. The van der Waals surface area contributed by atoms with E-state index in [2.05, 4.69) is 48.5 Å². The fraction of sp³-hybridized carbons (Fsp3) is 0.130. The van der Waals surface area contributed by atoms with Gasteiger partial charge in [0.2, 0.25) is 0 Å². The summed E-state index contributed by atoms with van der Waals surface area (Å²) in [5.74, 6) is -2.56. The zero-order chi connectivity index (χ0) is 19.3. The smallest absolute Gasteiger partial charge is 0.325 e. The van der Waals surface area contributed by atoms with Crippen LogP contribution in [-0.4, -0.2) is 22.2 Å². The van der Waals surface area contributed by atoms with Crippen molar-refractivity contribution in [2.75, 3.05) is 0 Å². The number of aryl methyl sites for hydroxylation is 1. The van der Waals surface area contributed by atoms with Gasteiger partial charge in [-0.3, -0.25) is 9.59 Å². The lowest BCUT2D eigenvalue weighted by molar-refractivity contribution is -0.157. The minimum absolute atomic E-state index is 0.136. The Morgan fingerprint density at radius 1 is 0.667 bits per heavy atom. The van der Waals surface area contributed by atoms with Gasteiger partial charge in [-0.25, -0.2) is 0 Å². The van der Waals surface area contributed by atoms with Crippen molar-refractivity contribution in [3.63, 3.8) is 0 Å². The summed E-state index contributed by atoms with van der Waals surface area (Å²) in [7, 11) is 0. The molecule has 0 radical (unpaired) electrons. The lowest BCUT2D eigenvalue weighted by atomic mass is 9.82. The molecule has 1 aliphatic rings. The first kappa shape index (κ1) is 18.4. The van der Waals surface area contributed by atoms with Gasteiger partial charge in [-0.1, -0.05) is 84.9 Å². The molecule has 3 aromatic rings. The van der Waals surface area contributed by atoms with Crippen LogP contribution in [0.25, 0.3) is 11.1 Å². The number of aliphatic carboxylic acids is 2. The van der Waals surface area contributed by atoms with Crippen LogP contribution in [0.4, 0.5) is 0 Å². The van der Waals surface area contributed by atoms with Gasteiger partial charge in [0, 0.05) is 0 Å². The molecule has 3 aromatic carbocycles. The summed E-state index contributed by atoms with van der Waals surface area (Å²) in [5.41, 5.74) is 2.06. The molecule has 0 spiro atoms. The maximum Gasteiger partial charge on any atom is 0.325 e. The van der Waals surface area contributed by atoms with E-state index in [0.717, 1.165) is 5.56 Å². The fourth-order valence-corrected chi connectivity index (χ4v) is 3.41. The van der Waals surface area contributed by atoms with E-state index in [4.69, 9.17) is 10.2 Å². The largest absolute Gasteiger partial charge is 0.480 e. The Morgan fingerprint density at radius 3 is 1.59 bits per heavy atom. The van der Waals surface area contributed by atoms with Gasteiger partial charge < -0.3 is 10.2 Å². The third-order valence-corrected chi connectivity index (χ3v) is 4.86. The van der Waals surface area contributed by atoms with Gasteiger partial charge in [0.25, 0.3) is 0 Å². The van der Waals surface area contributed by atoms with Crippen molar-refractivity contribution < 1.29 is 19.8 Å². The minimum atomic E-state index is -1.74. The molecule has 2 N–H and O–H groups in total. The molecule has 1 aliphatic carbocycles. The van der Waals surface area contributed by atoms with Crippen molar-refractivity contribution in [3.8, 4) is 11.1 Å². The summed E-state index contributed by atoms with van der Waals surface area (Å²) in [6.07, 6.45) is 0.645. The number of rotatable bonds is 3. The maximum atomic E-state index is 11.1. The first-order chi connectivity index (χ1) is 13.1. The van der Waals surface area contributed by atoms with Crippen LogP contribution >= 0.6 is 0 Å². The second-order valence-corrected chi connectivity index (χ2v) is 6.40. The summed E-state index contributed by atoms with van der Waals surface area (Å²) in [6, 6.07) is 27.6. The van der Waals surface area contributed by atoms with Crippen LogP contribution in [0.15, 0.2) is 84.9 Å². The second kappa shape index (κ2) is 7.87. The van der Waals surface area contributed by atoms with Crippen LogP contribution in [0.5, 0.6) is 0 Å². The van der Waals surface area contributed by atoms with Gasteiger partial charge in [0.1, 0.15) is 0 Å². The number of fused-ring (bicyclic) bond motifs is 1. The van der Waals surface area contributed by atoms with Gasteiger partial charge in [0.05, 0.1) is 0 Å². The molecule has 4 rings (SSSR count). The molecule has 0 fully saturated rings. The summed E-state index contributed by atoms with van der Waals surface area (Å²) in [4.78, 5) is 22.3. The SMILES string of the molecule is O=C(O)C1(C(=O)O)CCc2ccccc21.c1ccc(-c2ccccc2)cc1. The summed E-state index contributed by atoms with van der Waals surface area (Å²) >= 11 is 0. The maximum absolute atomic E-state index is 11.1. The number of carboxylic acid groups (broad SMARTS) is 2. The molecule has 4 nitrogen and oxygen atoms in total. The van der Waals surface area contributed by atoms with Gasteiger partial charge >= 0.3 is 11.9 Å². The third-order valence-electron chi connectivity index (χ3n) is 4.86. The van der Waals surface area contributed by atoms with Crippen molar-refractivity contribution in [2.24, 2.45) is 0 Å². The number of carboxylic acids is 2. The van der Waals surface area contributed by atoms with E-state index in [9.17, 15) is 9.59 Å². The van der Waals surface area contributed by atoms with Gasteiger partial charge in [-0.2, -0.15) is 0 Å². The quantitative estimate of drug-likeness (QED) is 0.679. The number of benzene rings is 3. The monoisotopic (exact) mass is 360 g/mol. The molecule has 0 aromatic heterocycles. The van der Waals surface area contributed by atoms with Crippen molar-refractivity contribution in [2.45, 2.75) is 18.3 Å². The first-order valence-corrected chi connectivity index (χ1v) is 8.71. The Bertz CT molecular complexity index is 881. The lowest BCUT2D eigenvalue weighted by Gasteiger charge is -2.19. The Morgan fingerprint density at radius 2 is 1.11 bits per heavy atom. The molecule has 0 saturated carbocycles. The fourth-order valence-electron chi connectivity index (χ4n) is 3.41. The molecular formula is C23H20O4. The third kappa shape index (κ3) is 3.60. The summed E-state index contributed by atoms with van der Waals surface area (Å²) in [5, 5.41) is 18.2. The average Bonchev–Trinajstić information content (AvgIpc) is 3.11. The van der Waals surface area contributed by atoms with Crippen molar-refractivity contribution in [1.29, 1.82) is 0 Å². The second-order valence-electron chi connectivity index (χ2n) is 6.40. The van der Waals surface area contributed by atoms with Crippen LogP contribution in [-0.2, 0) is 21.4 Å². The van der Waals surface area contributed by atoms with E-state index < -0.39 is 17.4 Å². The Labute approximate surface area is 157 Å². The number of hydrogen-bond donors (Lipinski definition) is 2. The van der Waals surface area contributed by atoms with Gasteiger partial charge in [-0.05, 0) is 35.1 Å². The van der Waals surface area contributed by atoms with Crippen molar-refractivity contribution >= 4 is 11.9 Å². The van der Waals surface area contributed by atoms with Crippen LogP contribution < -0.4 is 0 Å². The predicted molar refractivity (Wildman–Crippen MR) is 104 cm³/mol. The molecule has 0 amide bonds. The van der Waals surface area contributed by atoms with Gasteiger partial charge in [0.15, 0.2) is 5.41 Å². The van der Waals surface area contributed by atoms with E-state index in [1.807, 2.05) is 12.1 Å². The highest BCUT2D eigenvalue weighted by Gasteiger charge is 2.52. The average molecular weight is 360 g/mol. The van der Waals surface area contributed by atoms with E-state index in [1.54, 1.807) is 24.3 Å². The van der Waals surface area contributed by atoms with Gasteiger partial charge in [-0.15, -0.1) is 0 Å². The van der Waals surface area contributed by atoms with Crippen LogP contribution in [0.1, 0.15) is 17.5 Å². The zero-order valence-corrected chi connectivity index (χ0v) is 14.7. The van der Waals surface area contributed by atoms with Crippen LogP contribution in [0.3, 0.4) is 0 Å². The predicted octanol–water partition coefficient (Wildman–Crippen LogP) is 4.39. The Balaban J connectivity index is 0.000000159. The molecule has 0 bridgehead atoms. The van der Waals surface area contributed by atoms with E-state index in [1.165, 1.54) is 11.1 Å². The topological polar surface area (TPSA) is 74.6 Å². The Hall–Kier alpha value is -3.40. The molecule has 27 heavy (non-hydrogen) atoms. The highest BCUT2D eigenvalue weighted by Crippen LogP contribution is 2.39. The van der Waals surface area contributed by atoms with Crippen LogP contribution in [0.2, 0.25) is 0 Å². The highest BCUT2D eigenvalue weighted by molar-refractivity contribution is 6.05. The molecule has 4 heteroatoms. The lowest BCUT2D eigenvalue weighted by Crippen LogP contribution is -2.41. The van der Waals surface area contributed by atoms with E-state index >= 15 is 0 Å². The molecule has 136 valence electrons.